The molecular weight excluding hydrogens is 248 g/mol. The number of carbonyl (C=O) groups is 1. The first-order valence-electron chi connectivity index (χ1n) is 5.80. The number of rotatable bonds is 5. The molecule has 0 aromatic heterocycles. The van der Waals surface area contributed by atoms with Gasteiger partial charge < -0.3 is 9.47 Å². The van der Waals surface area contributed by atoms with E-state index in [1.807, 2.05) is 13.8 Å². The molecule has 0 fully saturated rings. The molecule has 0 rings (SSSR count). The molecule has 0 spiro atoms. The number of carbonyl (C=O) groups excluding carboxylic acids is 1. The van der Waals surface area contributed by atoms with Crippen molar-refractivity contribution >= 4 is 5.97 Å². The highest BCUT2D eigenvalue weighted by Gasteiger charge is 2.00. The molecule has 5 heteroatoms. The maximum absolute atomic E-state index is 10.2. The van der Waals surface area contributed by atoms with Crippen molar-refractivity contribution < 1.29 is 14.3 Å². The van der Waals surface area contributed by atoms with Gasteiger partial charge in [-0.25, -0.2) is 0 Å². The van der Waals surface area contributed by atoms with Gasteiger partial charge in [0.2, 0.25) is 0 Å². The molecule has 0 aliphatic rings. The second-order valence-electron chi connectivity index (χ2n) is 3.50. The Bertz CT molecular complexity index is 287. The molecule has 0 bridgehead atoms. The van der Waals surface area contributed by atoms with E-state index in [0.717, 1.165) is 6.61 Å². The van der Waals surface area contributed by atoms with E-state index < -0.39 is 0 Å². The lowest BCUT2D eigenvalue weighted by molar-refractivity contribution is -0.145. The maximum atomic E-state index is 10.2. The lowest BCUT2D eigenvalue weighted by Crippen LogP contribution is -2.10. The van der Waals surface area contributed by atoms with Crippen molar-refractivity contribution in [2.75, 3.05) is 6.61 Å². The van der Waals surface area contributed by atoms with E-state index in [-0.39, 0.29) is 18.2 Å². The third kappa shape index (κ3) is 26.0. The standard InChI is InChI=1S/C7H10O2.C7H12O.O2/c1-4-5-6(2)9-7(3)8;1-4-6-7(3)8-5-2;1-2/h1,6H,5H2,2-3H3;1,7H,5-6H2,2-3H3;. The Morgan fingerprint density at radius 3 is 1.84 bits per heavy atom. The summed E-state index contributed by atoms with van der Waals surface area (Å²) < 4.78 is 9.85. The van der Waals surface area contributed by atoms with E-state index in [1.165, 1.54) is 6.92 Å². The molecule has 0 saturated carbocycles. The molecule has 0 aromatic carbocycles. The van der Waals surface area contributed by atoms with Gasteiger partial charge in [0.25, 0.3) is 0 Å². The van der Waals surface area contributed by atoms with Crippen LogP contribution in [-0.2, 0) is 14.3 Å². The van der Waals surface area contributed by atoms with Gasteiger partial charge in [-0.05, 0) is 20.8 Å². The van der Waals surface area contributed by atoms with Crippen LogP contribution in [0.4, 0.5) is 0 Å². The molecule has 2 atom stereocenters. The Kier molecular flexibility index (Phi) is 21.8. The Hall–Kier alpha value is -1.85. The first-order chi connectivity index (χ1) is 8.97. The maximum Gasteiger partial charge on any atom is 0.302 e. The van der Waals surface area contributed by atoms with Crippen LogP contribution in [0.5, 0.6) is 0 Å². The van der Waals surface area contributed by atoms with Gasteiger partial charge in [0.05, 0.1) is 6.10 Å². The van der Waals surface area contributed by atoms with E-state index in [9.17, 15) is 4.79 Å². The fraction of sp³-hybridized carbons (Fsp3) is 0.643. The van der Waals surface area contributed by atoms with Gasteiger partial charge in [-0.1, -0.05) is 0 Å². The summed E-state index contributed by atoms with van der Waals surface area (Å²) in [4.78, 5) is 24.2. The van der Waals surface area contributed by atoms with Crippen LogP contribution in [0, 0.1) is 34.6 Å². The summed E-state index contributed by atoms with van der Waals surface area (Å²) in [5.74, 6) is 4.64. The second-order valence-corrected chi connectivity index (χ2v) is 3.50. The zero-order chi connectivity index (χ0) is 15.7. The van der Waals surface area contributed by atoms with Crippen LogP contribution >= 0.6 is 0 Å². The van der Waals surface area contributed by atoms with Crippen molar-refractivity contribution in [1.29, 1.82) is 0 Å². The summed E-state index contributed by atoms with van der Waals surface area (Å²) in [5.41, 5.74) is 0. The molecule has 0 aliphatic carbocycles. The van der Waals surface area contributed by atoms with Crippen molar-refractivity contribution in [2.24, 2.45) is 0 Å². The summed E-state index contributed by atoms with van der Waals surface area (Å²) in [5, 5.41) is 0. The molecule has 0 saturated heterocycles. The third-order valence-electron chi connectivity index (χ3n) is 1.63. The van der Waals surface area contributed by atoms with Crippen molar-refractivity contribution in [3.05, 3.63) is 9.93 Å². The van der Waals surface area contributed by atoms with Gasteiger partial charge >= 0.3 is 5.97 Å². The molecule has 5 nitrogen and oxygen atoms in total. The second kappa shape index (κ2) is 18.5. The Morgan fingerprint density at radius 2 is 1.53 bits per heavy atom. The molecule has 0 N–H and O–H groups in total. The highest BCUT2D eigenvalue weighted by Crippen LogP contribution is 1.94. The number of terminal acetylenes is 2. The third-order valence-corrected chi connectivity index (χ3v) is 1.63. The minimum atomic E-state index is -0.280. The smallest absolute Gasteiger partial charge is 0.302 e. The van der Waals surface area contributed by atoms with Crippen LogP contribution in [0.15, 0.2) is 0 Å². The van der Waals surface area contributed by atoms with Gasteiger partial charge in [0, 0.05) is 36.3 Å². The number of hydrogen-bond acceptors (Lipinski definition) is 5. The van der Waals surface area contributed by atoms with Crippen molar-refractivity contribution in [2.45, 2.75) is 52.7 Å². The normalized spacial score (nSPS) is 11.1. The number of ether oxygens (including phenoxy) is 2. The van der Waals surface area contributed by atoms with Crippen LogP contribution < -0.4 is 0 Å². The van der Waals surface area contributed by atoms with Crippen LogP contribution in [-0.4, -0.2) is 24.8 Å². The molecule has 0 heterocycles. The lowest BCUT2D eigenvalue weighted by Gasteiger charge is -2.06. The van der Waals surface area contributed by atoms with E-state index in [1.54, 1.807) is 6.92 Å². The Morgan fingerprint density at radius 1 is 1.11 bits per heavy atom. The quantitative estimate of drug-likeness (QED) is 0.567. The first kappa shape index (κ1) is 22.3. The average molecular weight is 270 g/mol. The van der Waals surface area contributed by atoms with Crippen LogP contribution in [0.2, 0.25) is 0 Å². The van der Waals surface area contributed by atoms with Crippen molar-refractivity contribution in [1.82, 2.24) is 0 Å². The highest BCUT2D eigenvalue weighted by molar-refractivity contribution is 5.66. The lowest BCUT2D eigenvalue weighted by atomic mass is 10.3. The largest absolute Gasteiger partial charge is 0.462 e. The Labute approximate surface area is 115 Å². The minimum absolute atomic E-state index is 0.146. The average Bonchev–Trinajstić information content (AvgIpc) is 2.32. The topological polar surface area (TPSA) is 69.7 Å². The molecule has 0 amide bonds. The summed E-state index contributed by atoms with van der Waals surface area (Å²) in [6.07, 6.45) is 11.3. The summed E-state index contributed by atoms with van der Waals surface area (Å²) in [7, 11) is 0. The molecule has 19 heavy (non-hydrogen) atoms. The van der Waals surface area contributed by atoms with Gasteiger partial charge in [-0.3, -0.25) is 4.79 Å². The SMILES string of the molecule is C#CCC(C)OC(C)=O.C#CCC(C)OCC.O=O. The van der Waals surface area contributed by atoms with Gasteiger partial charge in [-0.15, -0.1) is 24.7 Å². The summed E-state index contributed by atoms with van der Waals surface area (Å²) >= 11 is 0. The van der Waals surface area contributed by atoms with Gasteiger partial charge in [0.1, 0.15) is 6.10 Å². The van der Waals surface area contributed by atoms with Gasteiger partial charge in [0.15, 0.2) is 0 Å². The predicted octanol–water partition coefficient (Wildman–Crippen LogP) is 2.46. The summed E-state index contributed by atoms with van der Waals surface area (Å²) in [6, 6.07) is 0. The van der Waals surface area contributed by atoms with Crippen molar-refractivity contribution in [3.8, 4) is 24.7 Å². The minimum Gasteiger partial charge on any atom is -0.462 e. The molecule has 0 aromatic rings. The fourth-order valence-corrected chi connectivity index (χ4v) is 1.00. The van der Waals surface area contributed by atoms with Crippen molar-refractivity contribution in [3.63, 3.8) is 0 Å². The molecule has 0 radical (unpaired) electrons. The van der Waals surface area contributed by atoms with Crippen LogP contribution in [0.1, 0.15) is 40.5 Å². The predicted molar refractivity (Wildman–Crippen MR) is 76.0 cm³/mol. The van der Waals surface area contributed by atoms with Crippen LogP contribution in [0.25, 0.3) is 0 Å². The van der Waals surface area contributed by atoms with E-state index in [4.69, 9.17) is 32.2 Å². The fourth-order valence-electron chi connectivity index (χ4n) is 1.00. The number of esters is 1. The van der Waals surface area contributed by atoms with E-state index >= 15 is 0 Å². The first-order valence-corrected chi connectivity index (χ1v) is 5.80. The highest BCUT2D eigenvalue weighted by atomic mass is 16.7. The number of hydrogen-bond donors (Lipinski definition) is 0. The molecular formula is C14H22O5. The molecule has 2 unspecified atom stereocenters. The Balaban J connectivity index is -0.000000239. The molecule has 108 valence electrons. The zero-order valence-corrected chi connectivity index (χ0v) is 12.0. The van der Waals surface area contributed by atoms with Crippen LogP contribution in [0.3, 0.4) is 0 Å². The van der Waals surface area contributed by atoms with E-state index in [0.29, 0.717) is 12.8 Å². The molecule has 0 aliphatic heterocycles. The van der Waals surface area contributed by atoms with Gasteiger partial charge in [-0.2, -0.15) is 0 Å². The monoisotopic (exact) mass is 270 g/mol. The summed E-state index contributed by atoms with van der Waals surface area (Å²) in [6.45, 7) is 7.83. The van der Waals surface area contributed by atoms with E-state index in [2.05, 4.69) is 11.8 Å². The zero-order valence-electron chi connectivity index (χ0n) is 12.0.